The van der Waals surface area contributed by atoms with E-state index < -0.39 is 15.8 Å². The van der Waals surface area contributed by atoms with Crippen LogP contribution in [-0.4, -0.2) is 24.0 Å². The Morgan fingerprint density at radius 3 is 2.40 bits per heavy atom. The molecule has 6 nitrogen and oxygen atoms in total. The molecule has 4 aromatic rings. The summed E-state index contributed by atoms with van der Waals surface area (Å²) in [6.07, 6.45) is 2.04. The lowest BCUT2D eigenvalue weighted by Gasteiger charge is -2.13. The van der Waals surface area contributed by atoms with Gasteiger partial charge in [0, 0.05) is 26.7 Å². The van der Waals surface area contributed by atoms with Crippen molar-refractivity contribution >= 4 is 50.6 Å². The Morgan fingerprint density at radius 1 is 0.943 bits per heavy atom. The van der Waals surface area contributed by atoms with Gasteiger partial charge < -0.3 is 0 Å². The number of rotatable bonds is 4. The highest BCUT2D eigenvalue weighted by molar-refractivity contribution is 7.89. The number of nitrogens with zero attached hydrogens (tertiary/aromatic N) is 2. The van der Waals surface area contributed by atoms with Crippen molar-refractivity contribution in [3.8, 4) is 16.9 Å². The highest BCUT2D eigenvalue weighted by Gasteiger charge is 2.31. The number of nitrogens with two attached hydrogens (primary N) is 1. The molecule has 1 aliphatic carbocycles. The lowest BCUT2D eigenvalue weighted by molar-refractivity contribution is 0.103. The minimum Gasteiger partial charge on any atom is -0.287 e. The molecule has 0 saturated carbocycles. The summed E-state index contributed by atoms with van der Waals surface area (Å²) in [5.74, 6) is -0.535. The fraction of sp³-hybridized carbons (Fsp3) is 0.120. The number of halogens is 3. The van der Waals surface area contributed by atoms with E-state index in [1.54, 1.807) is 35.0 Å². The summed E-state index contributed by atoms with van der Waals surface area (Å²) in [4.78, 5) is 13.5. The van der Waals surface area contributed by atoms with Gasteiger partial charge in [0.05, 0.1) is 21.3 Å². The molecule has 3 aromatic carbocycles. The van der Waals surface area contributed by atoms with Crippen LogP contribution >= 0.6 is 34.8 Å². The highest BCUT2D eigenvalue weighted by atomic mass is 35.5. The van der Waals surface area contributed by atoms with E-state index in [1.165, 1.54) is 18.2 Å². The highest BCUT2D eigenvalue weighted by Crippen LogP contribution is 2.39. The lowest BCUT2D eigenvalue weighted by Crippen LogP contribution is -2.18. The molecule has 0 saturated heterocycles. The number of hydrogen-bond donors (Lipinski definition) is 1. The maximum Gasteiger partial charge on any atom is 0.238 e. The number of sulfonamides is 1. The minimum atomic E-state index is -4.13. The Morgan fingerprint density at radius 2 is 1.66 bits per heavy atom. The average molecular weight is 547 g/mol. The number of benzene rings is 3. The molecule has 0 unspecified atom stereocenters. The van der Waals surface area contributed by atoms with Gasteiger partial charge in [-0.25, -0.2) is 18.2 Å². The van der Waals surface area contributed by atoms with Crippen LogP contribution in [0.25, 0.3) is 16.9 Å². The molecular weight excluding hydrogens is 529 g/mol. The van der Waals surface area contributed by atoms with Crippen LogP contribution in [0.2, 0.25) is 15.1 Å². The fourth-order valence-electron chi connectivity index (χ4n) is 4.46. The van der Waals surface area contributed by atoms with E-state index in [0.717, 1.165) is 24.0 Å². The van der Waals surface area contributed by atoms with Crippen LogP contribution in [0.4, 0.5) is 0 Å². The van der Waals surface area contributed by atoms with E-state index in [0.29, 0.717) is 38.4 Å². The van der Waals surface area contributed by atoms with Gasteiger partial charge in [-0.05, 0) is 67.3 Å². The van der Waals surface area contributed by atoms with Crippen molar-refractivity contribution in [2.75, 3.05) is 0 Å². The number of primary sulfonamides is 1. The first-order chi connectivity index (χ1) is 16.6. The summed E-state index contributed by atoms with van der Waals surface area (Å²) < 4.78 is 26.0. The summed E-state index contributed by atoms with van der Waals surface area (Å²) in [5.41, 5.74) is 3.94. The van der Waals surface area contributed by atoms with Gasteiger partial charge in [0.1, 0.15) is 5.69 Å². The molecule has 10 heteroatoms. The first kappa shape index (κ1) is 24.0. The van der Waals surface area contributed by atoms with E-state index in [2.05, 4.69) is 5.10 Å². The van der Waals surface area contributed by atoms with Crippen LogP contribution in [0.3, 0.4) is 0 Å². The van der Waals surface area contributed by atoms with E-state index in [-0.39, 0.29) is 16.2 Å². The molecule has 35 heavy (non-hydrogen) atoms. The van der Waals surface area contributed by atoms with Crippen molar-refractivity contribution in [2.45, 2.75) is 24.2 Å². The predicted octanol–water partition coefficient (Wildman–Crippen LogP) is 5.87. The Hall–Kier alpha value is -2.68. The molecule has 0 bridgehead atoms. The summed E-state index contributed by atoms with van der Waals surface area (Å²) in [5, 5.41) is 11.5. The molecule has 1 aliphatic rings. The van der Waals surface area contributed by atoms with Crippen LogP contribution < -0.4 is 5.14 Å². The first-order valence-electron chi connectivity index (χ1n) is 10.7. The van der Waals surface area contributed by atoms with Gasteiger partial charge in [-0.3, -0.25) is 4.79 Å². The Bertz CT molecular complexity index is 1610. The minimum absolute atomic E-state index is 0.0368. The molecule has 0 atom stereocenters. The van der Waals surface area contributed by atoms with Crippen LogP contribution in [0.1, 0.15) is 33.6 Å². The molecule has 0 aliphatic heterocycles. The largest absolute Gasteiger partial charge is 0.287 e. The van der Waals surface area contributed by atoms with E-state index in [9.17, 15) is 13.2 Å². The van der Waals surface area contributed by atoms with Crippen molar-refractivity contribution in [1.29, 1.82) is 0 Å². The molecule has 1 aromatic heterocycles. The van der Waals surface area contributed by atoms with Gasteiger partial charge in [-0.1, -0.05) is 53.0 Å². The number of aryl methyl sites for hydroxylation is 1. The molecule has 5 rings (SSSR count). The summed E-state index contributed by atoms with van der Waals surface area (Å²) in [7, 11) is -4.13. The smallest absolute Gasteiger partial charge is 0.238 e. The van der Waals surface area contributed by atoms with E-state index in [1.807, 2.05) is 12.1 Å². The second kappa shape index (κ2) is 9.08. The van der Waals surface area contributed by atoms with Crippen molar-refractivity contribution in [3.63, 3.8) is 0 Å². The second-order valence-electron chi connectivity index (χ2n) is 8.21. The molecule has 178 valence electrons. The van der Waals surface area contributed by atoms with Crippen LogP contribution in [0, 0.1) is 0 Å². The Balaban J connectivity index is 1.81. The normalized spacial score (nSPS) is 13.1. The molecule has 0 amide bonds. The fourth-order valence-corrected chi connectivity index (χ4v) is 5.88. The zero-order valence-electron chi connectivity index (χ0n) is 18.1. The predicted molar refractivity (Wildman–Crippen MR) is 137 cm³/mol. The molecule has 1 heterocycles. The van der Waals surface area contributed by atoms with Gasteiger partial charge in [-0.2, -0.15) is 5.10 Å². The van der Waals surface area contributed by atoms with Crippen LogP contribution in [0.5, 0.6) is 0 Å². The van der Waals surface area contributed by atoms with Crippen molar-refractivity contribution in [2.24, 2.45) is 5.14 Å². The summed E-state index contributed by atoms with van der Waals surface area (Å²) in [6.45, 7) is 0. The number of ketones is 1. The topological polar surface area (TPSA) is 95.1 Å². The average Bonchev–Trinajstić information content (AvgIpc) is 3.06. The van der Waals surface area contributed by atoms with E-state index in [4.69, 9.17) is 39.9 Å². The maximum atomic E-state index is 13.8. The van der Waals surface area contributed by atoms with Crippen molar-refractivity contribution < 1.29 is 13.2 Å². The number of carbonyl (C=O) groups is 1. The Labute approximate surface area is 217 Å². The summed E-state index contributed by atoms with van der Waals surface area (Å²) >= 11 is 18.9. The zero-order chi connectivity index (χ0) is 24.9. The van der Waals surface area contributed by atoms with Gasteiger partial charge in [-0.15, -0.1) is 0 Å². The van der Waals surface area contributed by atoms with Crippen LogP contribution in [0.15, 0.2) is 65.6 Å². The molecular formula is C25H18Cl3N3O3S. The SMILES string of the molecule is NS(=O)(=O)c1ccccc1C(=O)c1nn(-c2ccc(Cl)cc2Cl)c2c1CCCc1cc(Cl)ccc1-2. The number of fused-ring (bicyclic) bond motifs is 3. The number of aromatic nitrogens is 2. The third-order valence-electron chi connectivity index (χ3n) is 5.97. The first-order valence-corrected chi connectivity index (χ1v) is 13.4. The third-order valence-corrected chi connectivity index (χ3v) is 7.71. The monoisotopic (exact) mass is 545 g/mol. The quantitative estimate of drug-likeness (QED) is 0.324. The van der Waals surface area contributed by atoms with Crippen molar-refractivity contribution in [1.82, 2.24) is 9.78 Å². The molecule has 0 spiro atoms. The number of carbonyl (C=O) groups excluding carboxylic acids is 1. The van der Waals surface area contributed by atoms with Crippen LogP contribution in [-0.2, 0) is 22.9 Å². The molecule has 2 N–H and O–H groups in total. The molecule has 0 fully saturated rings. The molecule has 0 radical (unpaired) electrons. The standard InChI is InChI=1S/C25H18Cl3N3O3S/c26-15-8-10-17-14(12-15)4-3-6-19-23(25(32)18-5-1-2-7-22(18)35(29,33)34)30-31(24(17)19)21-11-9-16(27)13-20(21)28/h1-2,5,7-13H,3-4,6H2,(H2,29,33,34). The van der Waals surface area contributed by atoms with Crippen molar-refractivity contribution in [3.05, 3.63) is 98.1 Å². The maximum absolute atomic E-state index is 13.8. The number of hydrogen-bond acceptors (Lipinski definition) is 4. The van der Waals surface area contributed by atoms with E-state index >= 15 is 0 Å². The van der Waals surface area contributed by atoms with Gasteiger partial charge in [0.25, 0.3) is 0 Å². The van der Waals surface area contributed by atoms with Gasteiger partial charge in [0.2, 0.25) is 15.8 Å². The Kier molecular flexibility index (Phi) is 6.23. The second-order valence-corrected chi connectivity index (χ2v) is 11.0. The summed E-state index contributed by atoms with van der Waals surface area (Å²) in [6, 6.07) is 16.5. The van der Waals surface area contributed by atoms with Gasteiger partial charge in [0.15, 0.2) is 0 Å². The zero-order valence-corrected chi connectivity index (χ0v) is 21.2. The third kappa shape index (κ3) is 4.39. The lowest BCUT2D eigenvalue weighted by atomic mass is 9.98. The van der Waals surface area contributed by atoms with Gasteiger partial charge >= 0.3 is 0 Å².